The third-order valence-corrected chi connectivity index (χ3v) is 3.93. The van der Waals surface area contributed by atoms with Gasteiger partial charge in [-0.2, -0.15) is 0 Å². The summed E-state index contributed by atoms with van der Waals surface area (Å²) in [5, 5.41) is 8.94. The largest absolute Gasteiger partial charge is 0.488 e. The first-order valence-electron chi connectivity index (χ1n) is 6.92. The Morgan fingerprint density at radius 2 is 1.96 bits per heavy atom. The molecule has 2 aromatic rings. The van der Waals surface area contributed by atoms with Crippen LogP contribution in [0.5, 0.6) is 5.75 Å². The molecule has 0 spiro atoms. The first kappa shape index (κ1) is 18.0. The smallest absolute Gasteiger partial charge is 0.335 e. The third kappa shape index (κ3) is 3.59. The number of carboxylic acid groups (broad SMARTS) is 1. The number of anilines is 1. The highest BCUT2D eigenvalue weighted by Gasteiger charge is 2.24. The van der Waals surface area contributed by atoms with Gasteiger partial charge in [0.2, 0.25) is 0 Å². The summed E-state index contributed by atoms with van der Waals surface area (Å²) in [6.07, 6.45) is 0. The van der Waals surface area contributed by atoms with Gasteiger partial charge in [0.05, 0.1) is 12.2 Å². The van der Waals surface area contributed by atoms with Crippen molar-refractivity contribution >= 4 is 23.6 Å². The molecule has 0 aromatic heterocycles. The van der Waals surface area contributed by atoms with Gasteiger partial charge < -0.3 is 14.6 Å². The van der Waals surface area contributed by atoms with Gasteiger partial charge in [0, 0.05) is 10.5 Å². The Hall–Kier alpha value is -2.35. The SMILES string of the molecule is CCOc1c(F)c(C)c(F)c(NSc2cccc(C(=O)O)c2)c1F. The van der Waals surface area contributed by atoms with Gasteiger partial charge >= 0.3 is 5.97 Å². The summed E-state index contributed by atoms with van der Waals surface area (Å²) in [4.78, 5) is 11.4. The molecule has 0 amide bonds. The predicted octanol–water partition coefficient (Wildman–Crippen LogP) is 4.63. The summed E-state index contributed by atoms with van der Waals surface area (Å²) in [6, 6.07) is 5.81. The highest BCUT2D eigenvalue weighted by molar-refractivity contribution is 8.00. The molecule has 2 N–H and O–H groups in total. The summed E-state index contributed by atoms with van der Waals surface area (Å²) in [6.45, 7) is 2.75. The van der Waals surface area contributed by atoms with E-state index in [-0.39, 0.29) is 17.7 Å². The molecule has 0 aliphatic carbocycles. The average Bonchev–Trinajstić information content (AvgIpc) is 2.57. The van der Waals surface area contributed by atoms with Crippen molar-refractivity contribution in [3.8, 4) is 5.75 Å². The normalized spacial score (nSPS) is 10.5. The lowest BCUT2D eigenvalue weighted by atomic mass is 10.1. The van der Waals surface area contributed by atoms with Crippen molar-refractivity contribution in [1.29, 1.82) is 0 Å². The van der Waals surface area contributed by atoms with Crippen molar-refractivity contribution in [3.63, 3.8) is 0 Å². The summed E-state index contributed by atoms with van der Waals surface area (Å²) < 4.78 is 49.7. The average molecular weight is 357 g/mol. The van der Waals surface area contributed by atoms with Crippen LogP contribution in [0.4, 0.5) is 18.9 Å². The van der Waals surface area contributed by atoms with E-state index in [0.717, 1.165) is 11.9 Å². The lowest BCUT2D eigenvalue weighted by Gasteiger charge is -2.15. The zero-order valence-corrected chi connectivity index (χ0v) is 13.6. The molecule has 0 aliphatic heterocycles. The molecule has 8 heteroatoms. The number of halogens is 3. The highest BCUT2D eigenvalue weighted by atomic mass is 32.2. The fourth-order valence-electron chi connectivity index (χ4n) is 1.92. The fourth-order valence-corrected chi connectivity index (χ4v) is 2.66. The van der Waals surface area contributed by atoms with Crippen molar-refractivity contribution in [2.24, 2.45) is 0 Å². The van der Waals surface area contributed by atoms with Gasteiger partial charge in [-0.25, -0.2) is 18.0 Å². The van der Waals surface area contributed by atoms with E-state index >= 15 is 0 Å². The Morgan fingerprint density at radius 1 is 1.25 bits per heavy atom. The van der Waals surface area contributed by atoms with E-state index in [2.05, 4.69) is 4.72 Å². The highest BCUT2D eigenvalue weighted by Crippen LogP contribution is 2.36. The maximum absolute atomic E-state index is 14.3. The lowest BCUT2D eigenvalue weighted by Crippen LogP contribution is -2.06. The van der Waals surface area contributed by atoms with Crippen LogP contribution < -0.4 is 9.46 Å². The van der Waals surface area contributed by atoms with Gasteiger partial charge in [-0.3, -0.25) is 0 Å². The predicted molar refractivity (Wildman–Crippen MR) is 85.1 cm³/mol. The summed E-state index contributed by atoms with van der Waals surface area (Å²) in [5.74, 6) is -5.12. The molecule has 2 rings (SSSR count). The summed E-state index contributed by atoms with van der Waals surface area (Å²) in [5.41, 5.74) is -0.890. The maximum atomic E-state index is 14.3. The van der Waals surface area contributed by atoms with Crippen LogP contribution in [0.15, 0.2) is 29.2 Å². The first-order valence-corrected chi connectivity index (χ1v) is 7.74. The van der Waals surface area contributed by atoms with Crippen molar-refractivity contribution < 1.29 is 27.8 Å². The Kier molecular flexibility index (Phi) is 5.61. The molecule has 0 atom stereocenters. The molecule has 0 aliphatic rings. The lowest BCUT2D eigenvalue weighted by molar-refractivity contribution is 0.0696. The minimum absolute atomic E-state index is 0.0200. The molecule has 0 radical (unpaired) electrons. The molecule has 24 heavy (non-hydrogen) atoms. The number of aromatic carboxylic acids is 1. The zero-order chi connectivity index (χ0) is 17.9. The summed E-state index contributed by atoms with van der Waals surface area (Å²) in [7, 11) is 0. The second kappa shape index (κ2) is 7.48. The Labute approximate surface area is 140 Å². The standard InChI is InChI=1S/C16H14F3NO3S/c1-3-23-15-12(18)8(2)11(17)14(13(15)19)20-24-10-6-4-5-9(7-10)16(21)22/h4-7,20H,3H2,1-2H3,(H,21,22). The van der Waals surface area contributed by atoms with Crippen LogP contribution in [-0.4, -0.2) is 17.7 Å². The van der Waals surface area contributed by atoms with Crippen molar-refractivity contribution in [1.82, 2.24) is 0 Å². The van der Waals surface area contributed by atoms with Crippen LogP contribution in [0.2, 0.25) is 0 Å². The number of nitrogens with one attached hydrogen (secondary N) is 1. The van der Waals surface area contributed by atoms with Crippen LogP contribution in [0.3, 0.4) is 0 Å². The van der Waals surface area contributed by atoms with Crippen LogP contribution in [0.1, 0.15) is 22.8 Å². The zero-order valence-electron chi connectivity index (χ0n) is 12.8. The van der Waals surface area contributed by atoms with Gasteiger partial charge in [-0.15, -0.1) is 0 Å². The Balaban J connectivity index is 2.33. The Morgan fingerprint density at radius 3 is 2.58 bits per heavy atom. The van der Waals surface area contributed by atoms with E-state index in [1.54, 1.807) is 13.0 Å². The van der Waals surface area contributed by atoms with E-state index in [1.807, 2.05) is 0 Å². The van der Waals surface area contributed by atoms with E-state index in [9.17, 15) is 18.0 Å². The van der Waals surface area contributed by atoms with Crippen LogP contribution in [0.25, 0.3) is 0 Å². The van der Waals surface area contributed by atoms with Crippen molar-refractivity contribution in [2.75, 3.05) is 11.3 Å². The van der Waals surface area contributed by atoms with E-state index in [1.165, 1.54) is 25.1 Å². The number of ether oxygens (including phenoxy) is 1. The van der Waals surface area contributed by atoms with Gasteiger partial charge in [0.25, 0.3) is 0 Å². The number of carboxylic acids is 1. The van der Waals surface area contributed by atoms with Gasteiger partial charge in [0.15, 0.2) is 23.2 Å². The molecule has 0 bridgehead atoms. The topological polar surface area (TPSA) is 58.6 Å². The molecule has 0 fully saturated rings. The van der Waals surface area contributed by atoms with E-state index in [0.29, 0.717) is 4.90 Å². The van der Waals surface area contributed by atoms with Crippen LogP contribution >= 0.6 is 11.9 Å². The van der Waals surface area contributed by atoms with Crippen LogP contribution in [0, 0.1) is 24.4 Å². The number of hydrogen-bond donors (Lipinski definition) is 2. The monoisotopic (exact) mass is 357 g/mol. The minimum atomic E-state index is -1.18. The van der Waals surface area contributed by atoms with Crippen molar-refractivity contribution in [3.05, 3.63) is 52.8 Å². The van der Waals surface area contributed by atoms with Gasteiger partial charge in [-0.1, -0.05) is 6.07 Å². The molecule has 4 nitrogen and oxygen atoms in total. The molecular formula is C16H14F3NO3S. The minimum Gasteiger partial charge on any atom is -0.488 e. The molecule has 0 heterocycles. The molecule has 0 saturated carbocycles. The second-order valence-corrected chi connectivity index (χ2v) is 5.62. The van der Waals surface area contributed by atoms with Crippen molar-refractivity contribution in [2.45, 2.75) is 18.7 Å². The number of carbonyl (C=O) groups is 1. The number of hydrogen-bond acceptors (Lipinski definition) is 4. The number of benzene rings is 2. The molecule has 2 aromatic carbocycles. The molecule has 0 saturated heterocycles. The molecule has 128 valence electrons. The number of rotatable bonds is 6. The molecule has 0 unspecified atom stereocenters. The van der Waals surface area contributed by atoms with Crippen LogP contribution in [-0.2, 0) is 0 Å². The van der Waals surface area contributed by atoms with E-state index < -0.39 is 34.9 Å². The fraction of sp³-hybridized carbons (Fsp3) is 0.188. The first-order chi connectivity index (χ1) is 11.4. The third-order valence-electron chi connectivity index (χ3n) is 3.14. The Bertz CT molecular complexity index is 784. The molecular weight excluding hydrogens is 343 g/mol. The van der Waals surface area contributed by atoms with Gasteiger partial charge in [0.1, 0.15) is 5.69 Å². The second-order valence-electron chi connectivity index (χ2n) is 4.74. The van der Waals surface area contributed by atoms with Gasteiger partial charge in [-0.05, 0) is 44.0 Å². The maximum Gasteiger partial charge on any atom is 0.335 e. The van der Waals surface area contributed by atoms with E-state index in [4.69, 9.17) is 9.84 Å². The summed E-state index contributed by atoms with van der Waals surface area (Å²) >= 11 is 0.803. The quantitative estimate of drug-likeness (QED) is 0.738.